The van der Waals surface area contributed by atoms with Crippen molar-refractivity contribution in [3.63, 3.8) is 0 Å². The molecule has 4 heteroatoms. The summed E-state index contributed by atoms with van der Waals surface area (Å²) < 4.78 is 0. The molecule has 2 saturated heterocycles. The molecule has 4 nitrogen and oxygen atoms in total. The van der Waals surface area contributed by atoms with Crippen LogP contribution in [-0.2, 0) is 4.79 Å². The van der Waals surface area contributed by atoms with E-state index in [1.165, 1.54) is 12.8 Å². The second-order valence-electron chi connectivity index (χ2n) is 7.25. The molecule has 0 radical (unpaired) electrons. The van der Waals surface area contributed by atoms with Gasteiger partial charge in [-0.2, -0.15) is 0 Å². The quantitative estimate of drug-likeness (QED) is 0.805. The van der Waals surface area contributed by atoms with Gasteiger partial charge in [0.05, 0.1) is 5.41 Å². The van der Waals surface area contributed by atoms with Crippen LogP contribution in [0, 0.1) is 10.8 Å². The molecule has 1 amide bonds. The summed E-state index contributed by atoms with van der Waals surface area (Å²) in [6.45, 7) is 9.46. The molecule has 2 heterocycles. The number of amides is 1. The molecule has 0 aliphatic carbocycles. The lowest BCUT2D eigenvalue weighted by Crippen LogP contribution is -2.48. The Kier molecular flexibility index (Phi) is 5.08. The Hall–Kier alpha value is -0.610. The van der Waals surface area contributed by atoms with E-state index in [9.17, 15) is 4.79 Å². The third kappa shape index (κ3) is 3.53. The molecule has 0 spiro atoms. The van der Waals surface area contributed by atoms with Gasteiger partial charge in [0.1, 0.15) is 0 Å². The summed E-state index contributed by atoms with van der Waals surface area (Å²) >= 11 is 0. The molecule has 0 saturated carbocycles. The number of nitrogens with zero attached hydrogens (tertiary/aromatic N) is 1. The highest BCUT2D eigenvalue weighted by atomic mass is 16.2. The van der Waals surface area contributed by atoms with Crippen molar-refractivity contribution in [3.05, 3.63) is 0 Å². The third-order valence-electron chi connectivity index (χ3n) is 5.32. The Bertz CT molecular complexity index is 329. The van der Waals surface area contributed by atoms with E-state index in [0.717, 1.165) is 52.0 Å². The molecule has 2 aliphatic rings. The van der Waals surface area contributed by atoms with Gasteiger partial charge in [0.25, 0.3) is 0 Å². The first kappa shape index (κ1) is 15.8. The second kappa shape index (κ2) is 6.44. The highest BCUT2D eigenvalue weighted by molar-refractivity contribution is 5.83. The Labute approximate surface area is 123 Å². The molecule has 2 rings (SSSR count). The zero-order chi connectivity index (χ0) is 14.6. The van der Waals surface area contributed by atoms with Gasteiger partial charge >= 0.3 is 0 Å². The van der Waals surface area contributed by atoms with Gasteiger partial charge in [-0.05, 0) is 57.8 Å². The molecule has 1 unspecified atom stereocenters. The zero-order valence-electron chi connectivity index (χ0n) is 13.4. The summed E-state index contributed by atoms with van der Waals surface area (Å²) in [7, 11) is 2.18. The molecule has 2 N–H and O–H groups in total. The van der Waals surface area contributed by atoms with E-state index in [-0.39, 0.29) is 16.7 Å². The maximum atomic E-state index is 12.6. The van der Waals surface area contributed by atoms with Crippen molar-refractivity contribution in [1.29, 1.82) is 0 Å². The van der Waals surface area contributed by atoms with Gasteiger partial charge in [-0.1, -0.05) is 20.3 Å². The van der Waals surface area contributed by atoms with Crippen molar-refractivity contribution in [2.24, 2.45) is 10.8 Å². The minimum Gasteiger partial charge on any atom is -0.355 e. The first-order chi connectivity index (χ1) is 9.50. The monoisotopic (exact) mass is 281 g/mol. The molecule has 0 aromatic rings. The SMILES string of the molecule is CCCC1(C(=O)NCC2(C)CCN(C)CC2)CCNC1. The molecule has 1 atom stereocenters. The minimum atomic E-state index is -0.142. The Morgan fingerprint density at radius 2 is 2.00 bits per heavy atom. The molecule has 0 bridgehead atoms. The van der Waals surface area contributed by atoms with Crippen molar-refractivity contribution in [3.8, 4) is 0 Å². The standard InChI is InChI=1S/C16H31N3O/c1-4-5-16(6-9-17-13-16)14(20)18-12-15(2)7-10-19(3)11-8-15/h17H,4-13H2,1-3H3,(H,18,20). The highest BCUT2D eigenvalue weighted by Gasteiger charge is 2.41. The maximum Gasteiger partial charge on any atom is 0.227 e. The average Bonchev–Trinajstić information content (AvgIpc) is 2.90. The molecule has 0 aromatic heterocycles. The number of piperidine rings is 1. The van der Waals surface area contributed by atoms with Gasteiger partial charge in [-0.15, -0.1) is 0 Å². The normalized spacial score (nSPS) is 30.4. The highest BCUT2D eigenvalue weighted by Crippen LogP contribution is 2.33. The fraction of sp³-hybridized carbons (Fsp3) is 0.938. The number of hydrogen-bond acceptors (Lipinski definition) is 3. The van der Waals surface area contributed by atoms with Crippen LogP contribution in [0.15, 0.2) is 0 Å². The largest absolute Gasteiger partial charge is 0.355 e. The van der Waals surface area contributed by atoms with Gasteiger partial charge in [0.15, 0.2) is 0 Å². The molecule has 20 heavy (non-hydrogen) atoms. The number of nitrogens with one attached hydrogen (secondary N) is 2. The molecule has 2 fully saturated rings. The van der Waals surface area contributed by atoms with E-state index in [2.05, 4.69) is 36.4 Å². The fourth-order valence-electron chi connectivity index (χ4n) is 3.56. The van der Waals surface area contributed by atoms with Gasteiger partial charge in [0, 0.05) is 13.1 Å². The predicted molar refractivity (Wildman–Crippen MR) is 82.7 cm³/mol. The molecule has 116 valence electrons. The van der Waals surface area contributed by atoms with Gasteiger partial charge in [-0.3, -0.25) is 4.79 Å². The number of likely N-dealkylation sites (tertiary alicyclic amines) is 1. The molecular weight excluding hydrogens is 250 g/mol. The number of rotatable bonds is 5. The Morgan fingerprint density at radius 3 is 2.55 bits per heavy atom. The predicted octanol–water partition coefficient (Wildman–Crippen LogP) is 1.61. The van der Waals surface area contributed by atoms with Crippen molar-refractivity contribution in [1.82, 2.24) is 15.5 Å². The van der Waals surface area contributed by atoms with Gasteiger partial charge in [-0.25, -0.2) is 0 Å². The third-order valence-corrected chi connectivity index (χ3v) is 5.32. The van der Waals surface area contributed by atoms with Crippen LogP contribution in [0.3, 0.4) is 0 Å². The van der Waals surface area contributed by atoms with Crippen LogP contribution in [-0.4, -0.2) is 50.6 Å². The maximum absolute atomic E-state index is 12.6. The van der Waals surface area contributed by atoms with E-state index in [1.807, 2.05) is 0 Å². The zero-order valence-corrected chi connectivity index (χ0v) is 13.4. The summed E-state index contributed by atoms with van der Waals surface area (Å²) in [5.74, 6) is 0.282. The van der Waals surface area contributed by atoms with E-state index >= 15 is 0 Å². The van der Waals surface area contributed by atoms with E-state index in [1.54, 1.807) is 0 Å². The minimum absolute atomic E-state index is 0.142. The number of carbonyl (C=O) groups is 1. The van der Waals surface area contributed by atoms with Crippen LogP contribution in [0.25, 0.3) is 0 Å². The Morgan fingerprint density at radius 1 is 1.30 bits per heavy atom. The van der Waals surface area contributed by atoms with E-state index in [0.29, 0.717) is 0 Å². The number of hydrogen-bond donors (Lipinski definition) is 2. The van der Waals surface area contributed by atoms with Crippen molar-refractivity contribution in [2.45, 2.75) is 46.0 Å². The lowest BCUT2D eigenvalue weighted by Gasteiger charge is -2.39. The topological polar surface area (TPSA) is 44.4 Å². The van der Waals surface area contributed by atoms with Crippen LogP contribution < -0.4 is 10.6 Å². The summed E-state index contributed by atoms with van der Waals surface area (Å²) in [5.41, 5.74) is 0.137. The average molecular weight is 281 g/mol. The molecule has 2 aliphatic heterocycles. The summed E-state index contributed by atoms with van der Waals surface area (Å²) in [5, 5.41) is 6.64. The van der Waals surface area contributed by atoms with Crippen LogP contribution in [0.2, 0.25) is 0 Å². The lowest BCUT2D eigenvalue weighted by molar-refractivity contribution is -0.131. The first-order valence-corrected chi connectivity index (χ1v) is 8.17. The lowest BCUT2D eigenvalue weighted by atomic mass is 9.78. The second-order valence-corrected chi connectivity index (χ2v) is 7.25. The van der Waals surface area contributed by atoms with Crippen LogP contribution in [0.4, 0.5) is 0 Å². The van der Waals surface area contributed by atoms with Crippen LogP contribution >= 0.6 is 0 Å². The number of carbonyl (C=O) groups excluding carboxylic acids is 1. The Balaban J connectivity index is 1.87. The fourth-order valence-corrected chi connectivity index (χ4v) is 3.56. The van der Waals surface area contributed by atoms with Crippen molar-refractivity contribution < 1.29 is 4.79 Å². The van der Waals surface area contributed by atoms with Gasteiger partial charge < -0.3 is 15.5 Å². The van der Waals surface area contributed by atoms with Crippen molar-refractivity contribution in [2.75, 3.05) is 39.8 Å². The molecular formula is C16H31N3O. The summed E-state index contributed by atoms with van der Waals surface area (Å²) in [6.07, 6.45) is 5.44. The smallest absolute Gasteiger partial charge is 0.227 e. The molecule has 0 aromatic carbocycles. The van der Waals surface area contributed by atoms with E-state index in [4.69, 9.17) is 0 Å². The first-order valence-electron chi connectivity index (χ1n) is 8.17. The van der Waals surface area contributed by atoms with Crippen LogP contribution in [0.1, 0.15) is 46.0 Å². The summed E-state index contributed by atoms with van der Waals surface area (Å²) in [6, 6.07) is 0. The van der Waals surface area contributed by atoms with Crippen molar-refractivity contribution >= 4 is 5.91 Å². The van der Waals surface area contributed by atoms with E-state index < -0.39 is 0 Å². The van der Waals surface area contributed by atoms with Gasteiger partial charge in [0.2, 0.25) is 5.91 Å². The van der Waals surface area contributed by atoms with Crippen LogP contribution in [0.5, 0.6) is 0 Å². The summed E-state index contributed by atoms with van der Waals surface area (Å²) in [4.78, 5) is 15.0.